The number of carbonyl (C=O) groups excluding carboxylic acids is 1. The molecule has 0 atom stereocenters. The molecule has 1 fully saturated rings. The van der Waals surface area contributed by atoms with Crippen molar-refractivity contribution < 1.29 is 9.53 Å². The van der Waals surface area contributed by atoms with E-state index in [1.807, 2.05) is 11.0 Å². The van der Waals surface area contributed by atoms with Crippen molar-refractivity contribution in [3.8, 4) is 0 Å². The van der Waals surface area contributed by atoms with Crippen LogP contribution in [0.2, 0.25) is 0 Å². The highest BCUT2D eigenvalue weighted by molar-refractivity contribution is 5.94. The number of H-pyrrole nitrogens is 1. The van der Waals surface area contributed by atoms with Crippen molar-refractivity contribution in [2.24, 2.45) is 0 Å². The molecule has 4 heterocycles. The lowest BCUT2D eigenvalue weighted by Crippen LogP contribution is -2.48. The van der Waals surface area contributed by atoms with Crippen molar-refractivity contribution in [1.29, 1.82) is 0 Å². The van der Waals surface area contributed by atoms with Crippen LogP contribution in [0.15, 0.2) is 30.0 Å². The van der Waals surface area contributed by atoms with E-state index < -0.39 is 0 Å². The summed E-state index contributed by atoms with van der Waals surface area (Å²) in [6, 6.07) is 3.65. The van der Waals surface area contributed by atoms with Gasteiger partial charge in [-0.3, -0.25) is 9.89 Å². The van der Waals surface area contributed by atoms with Gasteiger partial charge in [-0.2, -0.15) is 5.10 Å². The molecule has 1 N–H and O–H groups in total. The second-order valence-electron chi connectivity index (χ2n) is 6.45. The molecule has 0 aromatic carbocycles. The third kappa shape index (κ3) is 2.63. The minimum absolute atomic E-state index is 0.0205. The van der Waals surface area contributed by atoms with Crippen LogP contribution in [0, 0.1) is 0 Å². The molecule has 23 heavy (non-hydrogen) atoms. The molecule has 120 valence electrons. The number of hydrogen-bond acceptors (Lipinski definition) is 4. The molecule has 4 rings (SSSR count). The fourth-order valence-electron chi connectivity index (χ4n) is 3.46. The monoisotopic (exact) mass is 312 g/mol. The fourth-order valence-corrected chi connectivity index (χ4v) is 3.46. The largest absolute Gasteiger partial charge is 0.370 e. The highest BCUT2D eigenvalue weighted by Crippen LogP contribution is 2.33. The van der Waals surface area contributed by atoms with E-state index in [0.29, 0.717) is 24.4 Å². The van der Waals surface area contributed by atoms with Gasteiger partial charge in [0, 0.05) is 18.5 Å². The summed E-state index contributed by atoms with van der Waals surface area (Å²) in [6.45, 7) is 4.34. The van der Waals surface area contributed by atoms with Crippen molar-refractivity contribution in [3.05, 3.63) is 35.7 Å². The van der Waals surface area contributed by atoms with Gasteiger partial charge in [0.1, 0.15) is 5.69 Å². The number of amides is 1. The van der Waals surface area contributed by atoms with E-state index in [0.717, 1.165) is 31.3 Å². The van der Waals surface area contributed by atoms with Crippen LogP contribution in [0.3, 0.4) is 0 Å². The van der Waals surface area contributed by atoms with Gasteiger partial charge in [0.15, 0.2) is 5.65 Å². The second kappa shape index (κ2) is 5.45. The maximum Gasteiger partial charge on any atom is 0.272 e. The summed E-state index contributed by atoms with van der Waals surface area (Å²) < 4.78 is 6.01. The Morgan fingerprint density at radius 3 is 2.96 bits per heavy atom. The Labute approximate surface area is 134 Å². The van der Waals surface area contributed by atoms with E-state index in [1.165, 1.54) is 5.57 Å². The molecule has 0 aliphatic carbocycles. The van der Waals surface area contributed by atoms with Crippen molar-refractivity contribution >= 4 is 16.9 Å². The molecule has 1 saturated heterocycles. The molecule has 0 bridgehead atoms. The zero-order valence-electron chi connectivity index (χ0n) is 13.2. The first kappa shape index (κ1) is 14.4. The number of aromatic nitrogens is 3. The number of pyridine rings is 1. The summed E-state index contributed by atoms with van der Waals surface area (Å²) in [6.07, 6.45) is 6.67. The molecule has 0 radical (unpaired) electrons. The van der Waals surface area contributed by atoms with Gasteiger partial charge in [0.2, 0.25) is 0 Å². The first-order valence-electron chi connectivity index (χ1n) is 8.07. The predicted octanol–water partition coefficient (Wildman–Crippen LogP) is 2.30. The number of aromatic amines is 1. The van der Waals surface area contributed by atoms with Crippen LogP contribution in [0.25, 0.3) is 11.0 Å². The lowest BCUT2D eigenvalue weighted by Gasteiger charge is -2.42. The smallest absolute Gasteiger partial charge is 0.272 e. The minimum atomic E-state index is -0.167. The SMILES string of the molecule is CC1=CC2(CCN(C(=O)c3ccc4cn[nH]c4n3)CC2)OCC1. The highest BCUT2D eigenvalue weighted by Gasteiger charge is 2.37. The molecule has 6 heteroatoms. The quantitative estimate of drug-likeness (QED) is 0.820. The van der Waals surface area contributed by atoms with Crippen LogP contribution in [0.5, 0.6) is 0 Å². The molecular weight excluding hydrogens is 292 g/mol. The van der Waals surface area contributed by atoms with Gasteiger partial charge < -0.3 is 9.64 Å². The van der Waals surface area contributed by atoms with Crippen LogP contribution < -0.4 is 0 Å². The van der Waals surface area contributed by atoms with Gasteiger partial charge in [-0.25, -0.2) is 4.98 Å². The standard InChI is InChI=1S/C17H20N4O2/c1-12-4-9-23-17(10-12)5-7-21(8-6-17)16(22)14-3-2-13-11-18-20-15(13)19-14/h2-3,10-11H,4-9H2,1H3,(H,18,19,20). The number of hydrogen-bond donors (Lipinski definition) is 1. The summed E-state index contributed by atoms with van der Waals surface area (Å²) in [5.41, 5.74) is 2.34. The maximum atomic E-state index is 12.7. The average molecular weight is 312 g/mol. The molecule has 2 aromatic rings. The molecule has 1 spiro atoms. The van der Waals surface area contributed by atoms with Gasteiger partial charge >= 0.3 is 0 Å². The molecule has 2 aromatic heterocycles. The Bertz CT molecular complexity index is 772. The van der Waals surface area contributed by atoms with Gasteiger partial charge in [-0.05, 0) is 38.3 Å². The van der Waals surface area contributed by atoms with E-state index >= 15 is 0 Å². The maximum absolute atomic E-state index is 12.7. The van der Waals surface area contributed by atoms with E-state index in [2.05, 4.69) is 28.2 Å². The second-order valence-corrected chi connectivity index (χ2v) is 6.45. The number of nitrogens with zero attached hydrogens (tertiary/aromatic N) is 3. The average Bonchev–Trinajstić information content (AvgIpc) is 3.02. The van der Waals surface area contributed by atoms with E-state index in [-0.39, 0.29) is 11.5 Å². The van der Waals surface area contributed by atoms with Gasteiger partial charge in [-0.15, -0.1) is 0 Å². The first-order chi connectivity index (χ1) is 11.2. The third-order valence-electron chi connectivity index (χ3n) is 4.81. The molecule has 1 amide bonds. The molecule has 6 nitrogen and oxygen atoms in total. The lowest BCUT2D eigenvalue weighted by atomic mass is 9.87. The normalized spacial score (nSPS) is 20.7. The van der Waals surface area contributed by atoms with Crippen molar-refractivity contribution in [3.63, 3.8) is 0 Å². The Morgan fingerprint density at radius 1 is 1.35 bits per heavy atom. The zero-order chi connectivity index (χ0) is 15.9. The lowest BCUT2D eigenvalue weighted by molar-refractivity contribution is -0.0522. The number of carbonyl (C=O) groups is 1. The number of ether oxygens (including phenoxy) is 1. The van der Waals surface area contributed by atoms with E-state index in [4.69, 9.17) is 4.74 Å². The topological polar surface area (TPSA) is 71.1 Å². The number of piperidine rings is 1. The van der Waals surface area contributed by atoms with Gasteiger partial charge in [-0.1, -0.05) is 11.6 Å². The molecule has 2 aliphatic rings. The predicted molar refractivity (Wildman–Crippen MR) is 86.1 cm³/mol. The Morgan fingerprint density at radius 2 is 2.17 bits per heavy atom. The van der Waals surface area contributed by atoms with Crippen LogP contribution in [-0.2, 0) is 4.74 Å². The summed E-state index contributed by atoms with van der Waals surface area (Å²) in [5.74, 6) is -0.0205. The van der Waals surface area contributed by atoms with Crippen molar-refractivity contribution in [2.75, 3.05) is 19.7 Å². The molecule has 0 unspecified atom stereocenters. The van der Waals surface area contributed by atoms with Crippen molar-refractivity contribution in [2.45, 2.75) is 31.8 Å². The fraction of sp³-hybridized carbons (Fsp3) is 0.471. The number of rotatable bonds is 1. The summed E-state index contributed by atoms with van der Waals surface area (Å²) >= 11 is 0. The number of likely N-dealkylation sites (tertiary alicyclic amines) is 1. The molecular formula is C17H20N4O2. The summed E-state index contributed by atoms with van der Waals surface area (Å²) in [4.78, 5) is 18.9. The highest BCUT2D eigenvalue weighted by atomic mass is 16.5. The summed E-state index contributed by atoms with van der Waals surface area (Å²) in [5, 5.41) is 7.66. The number of nitrogens with one attached hydrogen (secondary N) is 1. The van der Waals surface area contributed by atoms with Gasteiger partial charge in [0.25, 0.3) is 5.91 Å². The van der Waals surface area contributed by atoms with Crippen LogP contribution in [0.4, 0.5) is 0 Å². The van der Waals surface area contributed by atoms with Crippen LogP contribution >= 0.6 is 0 Å². The Hall–Kier alpha value is -2.21. The third-order valence-corrected chi connectivity index (χ3v) is 4.81. The van der Waals surface area contributed by atoms with Gasteiger partial charge in [0.05, 0.1) is 18.4 Å². The first-order valence-corrected chi connectivity index (χ1v) is 8.07. The number of fused-ring (bicyclic) bond motifs is 1. The molecule has 0 saturated carbocycles. The minimum Gasteiger partial charge on any atom is -0.370 e. The van der Waals surface area contributed by atoms with E-state index in [1.54, 1.807) is 12.3 Å². The van der Waals surface area contributed by atoms with Crippen LogP contribution in [-0.4, -0.2) is 51.3 Å². The Kier molecular flexibility index (Phi) is 3.41. The van der Waals surface area contributed by atoms with Crippen molar-refractivity contribution in [1.82, 2.24) is 20.1 Å². The van der Waals surface area contributed by atoms with Crippen LogP contribution in [0.1, 0.15) is 36.7 Å². The Balaban J connectivity index is 1.49. The summed E-state index contributed by atoms with van der Waals surface area (Å²) in [7, 11) is 0. The van der Waals surface area contributed by atoms with E-state index in [9.17, 15) is 4.79 Å². The zero-order valence-corrected chi connectivity index (χ0v) is 13.2. The molecule has 2 aliphatic heterocycles.